The van der Waals surface area contributed by atoms with E-state index in [2.05, 4.69) is 16.7 Å². The van der Waals surface area contributed by atoms with Crippen LogP contribution in [0.4, 0.5) is 4.79 Å². The van der Waals surface area contributed by atoms with Crippen molar-refractivity contribution in [3.8, 4) is 11.8 Å². The van der Waals surface area contributed by atoms with Crippen LogP contribution in [0, 0.1) is 23.2 Å². The number of carbonyl (C=O) groups excluding carboxylic acids is 2. The smallest absolute Gasteiger partial charge is 0.321 e. The first-order valence-corrected chi connectivity index (χ1v) is 10.4. The number of nitriles is 1. The fourth-order valence-corrected chi connectivity index (χ4v) is 5.92. The van der Waals surface area contributed by atoms with Crippen molar-refractivity contribution in [2.24, 2.45) is 17.6 Å². The molecule has 1 aromatic carbocycles. The molecule has 2 saturated heterocycles. The molecule has 1 aromatic rings. The normalized spacial score (nSPS) is 33.7. The van der Waals surface area contributed by atoms with Crippen LogP contribution in [0.15, 0.2) is 35.5 Å². The lowest BCUT2D eigenvalue weighted by molar-refractivity contribution is -0.206. The first-order chi connectivity index (χ1) is 14.9. The number of hydrogen-bond acceptors (Lipinski definition) is 7. The zero-order valence-electron chi connectivity index (χ0n) is 17.1. The number of allylic oxidation sites excluding steroid dienone is 1. The molecule has 0 aromatic heterocycles. The highest BCUT2D eigenvalue weighted by Crippen LogP contribution is 2.58. The van der Waals surface area contributed by atoms with Crippen molar-refractivity contribution in [1.82, 2.24) is 10.6 Å². The van der Waals surface area contributed by atoms with Gasteiger partial charge in [0.15, 0.2) is 5.79 Å². The number of nitrogens with two attached hydrogens (primary N) is 1. The minimum atomic E-state index is -0.922. The average molecular weight is 424 g/mol. The maximum Gasteiger partial charge on any atom is 0.321 e. The predicted molar refractivity (Wildman–Crippen MR) is 107 cm³/mol. The van der Waals surface area contributed by atoms with Crippen molar-refractivity contribution in [3.63, 3.8) is 0 Å². The molecular formula is C22H24N4O5. The van der Waals surface area contributed by atoms with Gasteiger partial charge in [0, 0.05) is 24.5 Å². The molecule has 1 saturated carbocycles. The quantitative estimate of drug-likeness (QED) is 0.650. The number of ether oxygens (including phenoxy) is 3. The molecule has 3 amide bonds. The summed E-state index contributed by atoms with van der Waals surface area (Å²) in [6, 6.07) is 9.15. The second-order valence-electron chi connectivity index (χ2n) is 8.57. The molecule has 0 bridgehead atoms. The maximum atomic E-state index is 12.9. The van der Waals surface area contributed by atoms with Crippen molar-refractivity contribution in [2.45, 2.75) is 36.5 Å². The molecule has 4 N–H and O–H groups in total. The summed E-state index contributed by atoms with van der Waals surface area (Å²) in [4.78, 5) is 25.4. The van der Waals surface area contributed by atoms with E-state index >= 15 is 0 Å². The number of hydrogen-bond donors (Lipinski definition) is 3. The number of nitrogens with one attached hydrogen (secondary N) is 2. The second-order valence-corrected chi connectivity index (χ2v) is 8.57. The van der Waals surface area contributed by atoms with Crippen LogP contribution in [0.5, 0.6) is 5.75 Å². The van der Waals surface area contributed by atoms with E-state index in [0.717, 1.165) is 5.56 Å². The Bertz CT molecular complexity index is 1010. The van der Waals surface area contributed by atoms with Crippen molar-refractivity contribution in [3.05, 3.63) is 41.1 Å². The summed E-state index contributed by atoms with van der Waals surface area (Å²) in [6.07, 6.45) is 1.41. The van der Waals surface area contributed by atoms with Gasteiger partial charge in [0.05, 0.1) is 37.5 Å². The Labute approximate surface area is 179 Å². The van der Waals surface area contributed by atoms with Gasteiger partial charge in [-0.1, -0.05) is 12.1 Å². The summed E-state index contributed by atoms with van der Waals surface area (Å²) >= 11 is 0. The molecule has 5 rings (SSSR count). The van der Waals surface area contributed by atoms with Gasteiger partial charge in [-0.05, 0) is 30.0 Å². The lowest BCUT2D eigenvalue weighted by atomic mass is 9.53. The highest BCUT2D eigenvalue weighted by molar-refractivity contribution is 6.01. The zero-order valence-corrected chi connectivity index (χ0v) is 17.1. The van der Waals surface area contributed by atoms with Gasteiger partial charge in [-0.2, -0.15) is 5.26 Å². The Kier molecular flexibility index (Phi) is 4.46. The van der Waals surface area contributed by atoms with Crippen LogP contribution in [0.1, 0.15) is 30.7 Å². The van der Waals surface area contributed by atoms with E-state index in [9.17, 15) is 14.9 Å². The van der Waals surface area contributed by atoms with Crippen molar-refractivity contribution < 1.29 is 23.8 Å². The fourth-order valence-electron chi connectivity index (χ4n) is 5.92. The number of imide groups is 1. The van der Waals surface area contributed by atoms with E-state index in [0.29, 0.717) is 43.8 Å². The highest BCUT2D eigenvalue weighted by Gasteiger charge is 2.65. The van der Waals surface area contributed by atoms with Crippen LogP contribution in [-0.2, 0) is 14.3 Å². The summed E-state index contributed by atoms with van der Waals surface area (Å²) in [5, 5.41) is 15.4. The average Bonchev–Trinajstić information content (AvgIpc) is 3.21. The van der Waals surface area contributed by atoms with E-state index in [4.69, 9.17) is 19.9 Å². The Morgan fingerprint density at radius 2 is 1.90 bits per heavy atom. The first-order valence-electron chi connectivity index (χ1n) is 10.4. The molecule has 162 valence electrons. The molecule has 2 heterocycles. The zero-order chi connectivity index (χ0) is 21.8. The van der Waals surface area contributed by atoms with E-state index in [1.165, 1.54) is 0 Å². The van der Waals surface area contributed by atoms with Crippen LogP contribution in [0.25, 0.3) is 0 Å². The number of methoxy groups -OCH3 is 1. The number of urea groups is 1. The van der Waals surface area contributed by atoms with E-state index < -0.39 is 35.1 Å². The number of amides is 3. The molecule has 0 radical (unpaired) electrons. The Morgan fingerprint density at radius 3 is 2.55 bits per heavy atom. The van der Waals surface area contributed by atoms with Crippen LogP contribution in [0.2, 0.25) is 0 Å². The summed E-state index contributed by atoms with van der Waals surface area (Å²) in [7, 11) is 1.59. The van der Waals surface area contributed by atoms with Crippen LogP contribution >= 0.6 is 0 Å². The standard InChI is InChI=1S/C22H24N4O5/c1-29-13-4-2-12(3-5-13)16-14(11-23)18(24)17-19(27)25-20(28)26-22(17)7-6-21(10-15(16)22)30-8-9-31-21/h2-5,15-17H,6-10,24H2,1H3,(H2,25,26,27,28)/t15-,16+,17-,22-/m1/s1. The monoisotopic (exact) mass is 424 g/mol. The molecule has 4 aliphatic rings. The largest absolute Gasteiger partial charge is 0.497 e. The molecule has 2 aliphatic heterocycles. The topological polar surface area (TPSA) is 136 Å². The van der Waals surface area contributed by atoms with E-state index in [1.807, 2.05) is 24.3 Å². The molecule has 9 nitrogen and oxygen atoms in total. The van der Waals surface area contributed by atoms with Gasteiger partial charge >= 0.3 is 6.03 Å². The SMILES string of the molecule is COc1ccc([C@H]2C(C#N)=C(N)[C@@H]3C(=O)NC(=O)N[C@@]34CCC3(C[C@H]24)OCCO3)cc1. The molecule has 3 fully saturated rings. The van der Waals surface area contributed by atoms with Gasteiger partial charge in [-0.3, -0.25) is 10.1 Å². The first kappa shape index (κ1) is 19.8. The van der Waals surface area contributed by atoms with Crippen molar-refractivity contribution >= 4 is 11.9 Å². The van der Waals surface area contributed by atoms with Gasteiger partial charge in [-0.25, -0.2) is 4.79 Å². The Balaban J connectivity index is 1.70. The van der Waals surface area contributed by atoms with Crippen LogP contribution in [-0.4, -0.2) is 43.6 Å². The number of carbonyl (C=O) groups is 2. The van der Waals surface area contributed by atoms with E-state index in [1.54, 1.807) is 7.11 Å². The molecule has 2 aliphatic carbocycles. The lowest BCUT2D eigenvalue weighted by Gasteiger charge is -2.58. The lowest BCUT2D eigenvalue weighted by Crippen LogP contribution is -2.74. The molecule has 4 atom stereocenters. The minimum Gasteiger partial charge on any atom is -0.497 e. The van der Waals surface area contributed by atoms with Crippen LogP contribution in [0.3, 0.4) is 0 Å². The third kappa shape index (κ3) is 2.82. The van der Waals surface area contributed by atoms with Gasteiger partial charge < -0.3 is 25.3 Å². The molecule has 9 heteroatoms. The number of benzene rings is 1. The van der Waals surface area contributed by atoms with Gasteiger partial charge in [-0.15, -0.1) is 0 Å². The number of rotatable bonds is 2. The third-order valence-electron chi connectivity index (χ3n) is 7.22. The predicted octanol–water partition coefficient (Wildman–Crippen LogP) is 1.27. The van der Waals surface area contributed by atoms with E-state index in [-0.39, 0.29) is 11.6 Å². The van der Waals surface area contributed by atoms with Crippen LogP contribution < -0.4 is 21.1 Å². The summed E-state index contributed by atoms with van der Waals surface area (Å²) in [6.45, 7) is 0.985. The number of nitrogens with zero attached hydrogens (tertiary/aromatic N) is 1. The summed E-state index contributed by atoms with van der Waals surface area (Å²) < 4.78 is 17.3. The summed E-state index contributed by atoms with van der Waals surface area (Å²) in [5.74, 6) is -2.14. The van der Waals surface area contributed by atoms with Crippen molar-refractivity contribution in [1.29, 1.82) is 5.26 Å². The Hall–Kier alpha value is -3.09. The molecular weight excluding hydrogens is 400 g/mol. The maximum absolute atomic E-state index is 12.9. The third-order valence-corrected chi connectivity index (χ3v) is 7.22. The molecule has 2 spiro atoms. The Morgan fingerprint density at radius 1 is 1.19 bits per heavy atom. The van der Waals surface area contributed by atoms with Gasteiger partial charge in [0.25, 0.3) is 0 Å². The fraction of sp³-hybridized carbons (Fsp3) is 0.500. The highest BCUT2D eigenvalue weighted by atomic mass is 16.7. The minimum absolute atomic E-state index is 0.210. The summed E-state index contributed by atoms with van der Waals surface area (Å²) in [5.41, 5.74) is 6.96. The molecule has 31 heavy (non-hydrogen) atoms. The van der Waals surface area contributed by atoms with Gasteiger partial charge in [0.1, 0.15) is 11.7 Å². The van der Waals surface area contributed by atoms with Gasteiger partial charge in [0.2, 0.25) is 5.91 Å². The molecule has 0 unspecified atom stereocenters. The van der Waals surface area contributed by atoms with Crippen molar-refractivity contribution in [2.75, 3.05) is 20.3 Å². The second kappa shape index (κ2) is 6.97.